The molecule has 0 aliphatic rings. The molecule has 21 heavy (non-hydrogen) atoms. The smallest absolute Gasteiger partial charge is 0.358 e. The number of nitro groups is 1. The summed E-state index contributed by atoms with van der Waals surface area (Å²) in [7, 11) is 0. The average molecular weight is 315 g/mol. The number of hydrogen-bond acceptors (Lipinski definition) is 4. The molecule has 1 aromatic heterocycles. The summed E-state index contributed by atoms with van der Waals surface area (Å²) < 4.78 is 39.6. The van der Waals surface area contributed by atoms with Crippen molar-refractivity contribution in [1.29, 1.82) is 0 Å². The van der Waals surface area contributed by atoms with Crippen molar-refractivity contribution in [2.24, 2.45) is 0 Å². The van der Waals surface area contributed by atoms with Gasteiger partial charge in [0, 0.05) is 10.3 Å². The molecule has 2 rings (SSSR count). The number of benzene rings is 1. The molecule has 0 fully saturated rings. The number of thioether (sulfide) groups is 1. The van der Waals surface area contributed by atoms with Crippen LogP contribution in [0.15, 0.2) is 53.2 Å². The van der Waals surface area contributed by atoms with Gasteiger partial charge < -0.3 is 10.1 Å². The summed E-state index contributed by atoms with van der Waals surface area (Å²) in [6, 6.07) is 8.46. The highest BCUT2D eigenvalue weighted by Crippen LogP contribution is 2.34. The van der Waals surface area contributed by atoms with Crippen LogP contribution in [0.1, 0.15) is 0 Å². The summed E-state index contributed by atoms with van der Waals surface area (Å²) in [6.07, 6.45) is -3.16. The third-order valence-corrected chi connectivity index (χ3v) is 3.26. The average Bonchev–Trinajstić information content (AvgIpc) is 2.88. The lowest BCUT2D eigenvalue weighted by atomic mass is 10.4. The van der Waals surface area contributed by atoms with E-state index in [1.165, 1.54) is 0 Å². The van der Waals surface area contributed by atoms with Crippen molar-refractivity contribution >= 4 is 23.3 Å². The van der Waals surface area contributed by atoms with E-state index in [1.807, 2.05) is 0 Å². The lowest BCUT2D eigenvalue weighted by molar-refractivity contribution is -0.389. The van der Waals surface area contributed by atoms with Gasteiger partial charge in [-0.05, 0) is 22.0 Å². The van der Waals surface area contributed by atoms with Crippen molar-refractivity contribution in [1.82, 2.24) is 9.55 Å². The highest BCUT2D eigenvalue weighted by atomic mass is 32.2. The predicted octanol–water partition coefficient (Wildman–Crippen LogP) is 3.94. The SMILES string of the molecule is O=[N+]([O-])c1cn(/C(=C\Sc2ccccc2)C(F)(F)F)cn1. The Labute approximate surface area is 121 Å². The number of halogens is 3. The van der Waals surface area contributed by atoms with Crippen molar-refractivity contribution < 1.29 is 18.1 Å². The molecule has 0 radical (unpaired) electrons. The Kier molecular flexibility index (Phi) is 4.32. The van der Waals surface area contributed by atoms with Gasteiger partial charge in [-0.3, -0.25) is 4.57 Å². The minimum atomic E-state index is -4.66. The van der Waals surface area contributed by atoms with E-state index >= 15 is 0 Å². The standard InChI is InChI=1S/C12H8F3N3O2S/c13-12(14,15)10(7-21-9-4-2-1-3-5-9)17-6-11(16-8-17)18(19)20/h1-8H/b10-7-. The summed E-state index contributed by atoms with van der Waals surface area (Å²) in [4.78, 5) is 13.6. The molecule has 110 valence electrons. The van der Waals surface area contributed by atoms with Gasteiger partial charge in [0.1, 0.15) is 11.9 Å². The fourth-order valence-corrected chi connectivity index (χ4v) is 2.25. The normalized spacial score (nSPS) is 12.4. The summed E-state index contributed by atoms with van der Waals surface area (Å²) in [5.41, 5.74) is -1.04. The van der Waals surface area contributed by atoms with Crippen LogP contribution < -0.4 is 0 Å². The maximum atomic E-state index is 13.0. The molecule has 0 saturated carbocycles. The molecular weight excluding hydrogens is 307 g/mol. The van der Waals surface area contributed by atoms with Crippen LogP contribution in [-0.4, -0.2) is 20.7 Å². The minimum Gasteiger partial charge on any atom is -0.358 e. The third-order valence-electron chi connectivity index (χ3n) is 2.37. The lowest BCUT2D eigenvalue weighted by Crippen LogP contribution is -2.15. The van der Waals surface area contributed by atoms with E-state index in [2.05, 4.69) is 4.98 Å². The van der Waals surface area contributed by atoms with Crippen molar-refractivity contribution in [2.75, 3.05) is 0 Å². The van der Waals surface area contributed by atoms with E-state index in [0.717, 1.165) is 29.7 Å². The first-order valence-corrected chi connectivity index (χ1v) is 6.44. The summed E-state index contributed by atoms with van der Waals surface area (Å²) in [6.45, 7) is 0. The summed E-state index contributed by atoms with van der Waals surface area (Å²) in [5, 5.41) is 11.4. The van der Waals surface area contributed by atoms with E-state index < -0.39 is 22.6 Å². The van der Waals surface area contributed by atoms with Crippen LogP contribution in [0.3, 0.4) is 0 Å². The number of hydrogen-bond donors (Lipinski definition) is 0. The van der Waals surface area contributed by atoms with Crippen LogP contribution in [0.5, 0.6) is 0 Å². The van der Waals surface area contributed by atoms with E-state index in [4.69, 9.17) is 0 Å². The molecule has 9 heteroatoms. The Morgan fingerprint density at radius 3 is 2.52 bits per heavy atom. The largest absolute Gasteiger partial charge is 0.432 e. The Morgan fingerprint density at radius 1 is 1.33 bits per heavy atom. The van der Waals surface area contributed by atoms with E-state index in [-0.39, 0.29) is 0 Å². The maximum Gasteiger partial charge on any atom is 0.432 e. The summed E-state index contributed by atoms with van der Waals surface area (Å²) >= 11 is 0.867. The maximum absolute atomic E-state index is 13.0. The third kappa shape index (κ3) is 3.85. The second-order valence-electron chi connectivity index (χ2n) is 3.83. The molecule has 0 spiro atoms. The summed E-state index contributed by atoms with van der Waals surface area (Å²) in [5.74, 6) is -0.644. The van der Waals surface area contributed by atoms with E-state index in [0.29, 0.717) is 9.46 Å². The second-order valence-corrected chi connectivity index (χ2v) is 4.77. The Balaban J connectivity index is 2.32. The van der Waals surface area contributed by atoms with Crippen LogP contribution in [0.2, 0.25) is 0 Å². The number of imidazole rings is 1. The Bertz CT molecular complexity index is 668. The van der Waals surface area contributed by atoms with Crippen LogP contribution >= 0.6 is 11.8 Å². The molecule has 0 atom stereocenters. The van der Waals surface area contributed by atoms with Crippen molar-refractivity contribution in [3.05, 3.63) is 58.4 Å². The van der Waals surface area contributed by atoms with Crippen molar-refractivity contribution in [3.63, 3.8) is 0 Å². The molecule has 0 bridgehead atoms. The molecule has 0 amide bonds. The number of nitrogens with zero attached hydrogens (tertiary/aromatic N) is 3. The molecule has 0 aliphatic carbocycles. The number of alkyl halides is 3. The molecule has 5 nitrogen and oxygen atoms in total. The predicted molar refractivity (Wildman–Crippen MR) is 71.5 cm³/mol. The molecular formula is C12H8F3N3O2S. The quantitative estimate of drug-likeness (QED) is 0.487. The van der Waals surface area contributed by atoms with Gasteiger partial charge in [0.05, 0.1) is 0 Å². The van der Waals surface area contributed by atoms with Gasteiger partial charge in [0.15, 0.2) is 0 Å². The number of aromatic nitrogens is 2. The van der Waals surface area contributed by atoms with Gasteiger partial charge in [-0.25, -0.2) is 0 Å². The zero-order chi connectivity index (χ0) is 15.5. The van der Waals surface area contributed by atoms with Gasteiger partial charge in [-0.15, -0.1) is 0 Å². The van der Waals surface area contributed by atoms with Gasteiger partial charge >= 0.3 is 12.0 Å². The fourth-order valence-electron chi connectivity index (χ4n) is 1.44. The van der Waals surface area contributed by atoms with Gasteiger partial charge in [-0.2, -0.15) is 13.2 Å². The van der Waals surface area contributed by atoms with Crippen LogP contribution in [0.4, 0.5) is 19.0 Å². The van der Waals surface area contributed by atoms with Gasteiger partial charge in [0.25, 0.3) is 0 Å². The number of allylic oxidation sites excluding steroid dienone is 1. The first-order chi connectivity index (χ1) is 9.88. The topological polar surface area (TPSA) is 61.0 Å². The molecule has 1 heterocycles. The van der Waals surface area contributed by atoms with Crippen LogP contribution in [0, 0.1) is 10.1 Å². The van der Waals surface area contributed by atoms with Gasteiger partial charge in [0.2, 0.25) is 6.33 Å². The highest BCUT2D eigenvalue weighted by Gasteiger charge is 2.36. The monoisotopic (exact) mass is 315 g/mol. The highest BCUT2D eigenvalue weighted by molar-refractivity contribution is 8.02. The first kappa shape index (κ1) is 15.1. The second kappa shape index (κ2) is 6.00. The van der Waals surface area contributed by atoms with Crippen LogP contribution in [-0.2, 0) is 0 Å². The Morgan fingerprint density at radius 2 is 2.00 bits per heavy atom. The van der Waals surface area contributed by atoms with Crippen molar-refractivity contribution in [2.45, 2.75) is 11.1 Å². The van der Waals surface area contributed by atoms with Gasteiger partial charge in [-0.1, -0.05) is 30.0 Å². The zero-order valence-electron chi connectivity index (χ0n) is 10.3. The van der Waals surface area contributed by atoms with E-state index in [1.54, 1.807) is 30.3 Å². The first-order valence-electron chi connectivity index (χ1n) is 5.56. The lowest BCUT2D eigenvalue weighted by Gasteiger charge is -2.11. The molecule has 0 unspecified atom stereocenters. The van der Waals surface area contributed by atoms with Crippen molar-refractivity contribution in [3.8, 4) is 0 Å². The molecule has 1 aromatic carbocycles. The molecule has 0 saturated heterocycles. The molecule has 0 N–H and O–H groups in total. The molecule has 2 aromatic rings. The van der Waals surface area contributed by atoms with E-state index in [9.17, 15) is 23.3 Å². The van der Waals surface area contributed by atoms with Crippen LogP contribution in [0.25, 0.3) is 5.70 Å². The molecule has 0 aliphatic heterocycles. The zero-order valence-corrected chi connectivity index (χ0v) is 11.1. The fraction of sp³-hybridized carbons (Fsp3) is 0.0833. The minimum absolute atomic E-state index is 0.591. The number of rotatable bonds is 4. The Hall–Kier alpha value is -2.29.